The minimum Gasteiger partial charge on any atom is -0.312 e. The van der Waals surface area contributed by atoms with Crippen LogP contribution in [0.1, 0.15) is 72.1 Å². The third-order valence-electron chi connectivity index (χ3n) is 3.94. The van der Waals surface area contributed by atoms with Gasteiger partial charge in [-0.15, -0.1) is 0 Å². The van der Waals surface area contributed by atoms with Crippen molar-refractivity contribution in [3.8, 4) is 0 Å². The molecule has 0 heterocycles. The van der Waals surface area contributed by atoms with Crippen LogP contribution in [-0.2, 0) is 0 Å². The number of unbranched alkanes of at least 4 members (excludes halogenated alkanes) is 1. The van der Waals surface area contributed by atoms with Crippen LogP contribution in [-0.4, -0.2) is 12.1 Å². The number of hydrogen-bond donors (Lipinski definition) is 1. The highest BCUT2D eigenvalue weighted by Crippen LogP contribution is 2.26. The van der Waals surface area contributed by atoms with Crippen LogP contribution in [0, 0.1) is 5.92 Å². The zero-order chi connectivity index (χ0) is 11.1. The van der Waals surface area contributed by atoms with Crippen LogP contribution < -0.4 is 5.32 Å². The summed E-state index contributed by atoms with van der Waals surface area (Å²) in [7, 11) is 0. The van der Waals surface area contributed by atoms with Crippen molar-refractivity contribution in [2.75, 3.05) is 0 Å². The Kier molecular flexibility index (Phi) is 6.31. The second-order valence-corrected chi connectivity index (χ2v) is 5.34. The summed E-state index contributed by atoms with van der Waals surface area (Å²) in [5.41, 5.74) is 0. The predicted molar refractivity (Wildman–Crippen MR) is 68.2 cm³/mol. The fraction of sp³-hybridized carbons (Fsp3) is 1.00. The SMILES string of the molecule is CCCCC(C)NC1CCC(CC)CC1. The van der Waals surface area contributed by atoms with E-state index >= 15 is 0 Å². The third kappa shape index (κ3) is 5.01. The third-order valence-corrected chi connectivity index (χ3v) is 3.94. The molecule has 0 aromatic heterocycles. The summed E-state index contributed by atoms with van der Waals surface area (Å²) in [6.07, 6.45) is 11.2. The van der Waals surface area contributed by atoms with Crippen molar-refractivity contribution < 1.29 is 0 Å². The van der Waals surface area contributed by atoms with Gasteiger partial charge in [0.1, 0.15) is 0 Å². The van der Waals surface area contributed by atoms with Gasteiger partial charge < -0.3 is 5.32 Å². The maximum absolute atomic E-state index is 3.80. The molecule has 0 saturated heterocycles. The second kappa shape index (κ2) is 7.27. The normalized spacial score (nSPS) is 29.0. The fourth-order valence-electron chi connectivity index (χ4n) is 2.73. The molecular weight excluding hydrogens is 182 g/mol. The Bertz CT molecular complexity index is 147. The van der Waals surface area contributed by atoms with E-state index in [0.29, 0.717) is 0 Å². The fourth-order valence-corrected chi connectivity index (χ4v) is 2.73. The molecule has 15 heavy (non-hydrogen) atoms. The first kappa shape index (κ1) is 13.0. The highest BCUT2D eigenvalue weighted by Gasteiger charge is 2.20. The standard InChI is InChI=1S/C14H29N/c1-4-6-7-12(3)15-14-10-8-13(5-2)9-11-14/h12-15H,4-11H2,1-3H3. The number of rotatable bonds is 6. The smallest absolute Gasteiger partial charge is 0.00697 e. The lowest BCUT2D eigenvalue weighted by Crippen LogP contribution is -2.38. The van der Waals surface area contributed by atoms with E-state index in [4.69, 9.17) is 0 Å². The Morgan fingerprint density at radius 3 is 2.33 bits per heavy atom. The molecule has 0 aromatic rings. The van der Waals surface area contributed by atoms with E-state index in [1.54, 1.807) is 0 Å². The molecule has 1 heteroatoms. The van der Waals surface area contributed by atoms with Crippen molar-refractivity contribution >= 4 is 0 Å². The van der Waals surface area contributed by atoms with E-state index in [9.17, 15) is 0 Å². The van der Waals surface area contributed by atoms with Crippen molar-refractivity contribution in [1.29, 1.82) is 0 Å². The van der Waals surface area contributed by atoms with Gasteiger partial charge in [-0.2, -0.15) is 0 Å². The van der Waals surface area contributed by atoms with Crippen molar-refractivity contribution in [1.82, 2.24) is 5.32 Å². The predicted octanol–water partition coefficient (Wildman–Crippen LogP) is 4.12. The van der Waals surface area contributed by atoms with Crippen LogP contribution >= 0.6 is 0 Å². The molecule has 90 valence electrons. The molecule has 0 bridgehead atoms. The molecule has 1 aliphatic rings. The summed E-state index contributed by atoms with van der Waals surface area (Å²) in [5.74, 6) is 1.02. The van der Waals surface area contributed by atoms with E-state index in [0.717, 1.165) is 18.0 Å². The molecule has 1 fully saturated rings. The van der Waals surface area contributed by atoms with Gasteiger partial charge >= 0.3 is 0 Å². The van der Waals surface area contributed by atoms with Crippen LogP contribution in [0.4, 0.5) is 0 Å². The van der Waals surface area contributed by atoms with Gasteiger partial charge in [0.2, 0.25) is 0 Å². The first-order valence-electron chi connectivity index (χ1n) is 7.02. The van der Waals surface area contributed by atoms with E-state index in [1.165, 1.54) is 51.4 Å². The largest absolute Gasteiger partial charge is 0.312 e. The van der Waals surface area contributed by atoms with Crippen molar-refractivity contribution in [2.45, 2.75) is 84.2 Å². The highest BCUT2D eigenvalue weighted by atomic mass is 14.9. The lowest BCUT2D eigenvalue weighted by molar-refractivity contribution is 0.268. The molecule has 1 unspecified atom stereocenters. The topological polar surface area (TPSA) is 12.0 Å². The number of hydrogen-bond acceptors (Lipinski definition) is 1. The lowest BCUT2D eigenvalue weighted by Gasteiger charge is -2.30. The highest BCUT2D eigenvalue weighted by molar-refractivity contribution is 4.78. The molecule has 0 aliphatic heterocycles. The van der Waals surface area contributed by atoms with Gasteiger partial charge in [-0.05, 0) is 44.9 Å². The Morgan fingerprint density at radius 1 is 1.13 bits per heavy atom. The maximum Gasteiger partial charge on any atom is 0.00697 e. The summed E-state index contributed by atoms with van der Waals surface area (Å²) in [6.45, 7) is 6.96. The van der Waals surface area contributed by atoms with E-state index < -0.39 is 0 Å². The van der Waals surface area contributed by atoms with Crippen LogP contribution in [0.3, 0.4) is 0 Å². The zero-order valence-electron chi connectivity index (χ0n) is 10.9. The molecule has 1 saturated carbocycles. The van der Waals surface area contributed by atoms with Gasteiger partial charge in [-0.25, -0.2) is 0 Å². The number of nitrogens with one attached hydrogen (secondary N) is 1. The van der Waals surface area contributed by atoms with Gasteiger partial charge in [-0.1, -0.05) is 33.1 Å². The first-order chi connectivity index (χ1) is 7.26. The Balaban J connectivity index is 2.12. The summed E-state index contributed by atoms with van der Waals surface area (Å²) >= 11 is 0. The second-order valence-electron chi connectivity index (χ2n) is 5.34. The average Bonchev–Trinajstić information content (AvgIpc) is 2.27. The zero-order valence-corrected chi connectivity index (χ0v) is 10.9. The molecule has 1 atom stereocenters. The van der Waals surface area contributed by atoms with Crippen molar-refractivity contribution in [2.24, 2.45) is 5.92 Å². The summed E-state index contributed by atoms with van der Waals surface area (Å²) < 4.78 is 0. The van der Waals surface area contributed by atoms with Gasteiger partial charge in [0.05, 0.1) is 0 Å². The quantitative estimate of drug-likeness (QED) is 0.697. The molecule has 0 radical (unpaired) electrons. The molecular formula is C14H29N. The van der Waals surface area contributed by atoms with Gasteiger partial charge in [0.25, 0.3) is 0 Å². The van der Waals surface area contributed by atoms with Gasteiger partial charge in [0.15, 0.2) is 0 Å². The Morgan fingerprint density at radius 2 is 1.80 bits per heavy atom. The van der Waals surface area contributed by atoms with Crippen LogP contribution in [0.15, 0.2) is 0 Å². The summed E-state index contributed by atoms with van der Waals surface area (Å²) in [5, 5.41) is 3.80. The summed E-state index contributed by atoms with van der Waals surface area (Å²) in [4.78, 5) is 0. The summed E-state index contributed by atoms with van der Waals surface area (Å²) in [6, 6.07) is 1.55. The van der Waals surface area contributed by atoms with Crippen LogP contribution in [0.25, 0.3) is 0 Å². The lowest BCUT2D eigenvalue weighted by atomic mass is 9.84. The molecule has 1 rings (SSSR count). The van der Waals surface area contributed by atoms with Gasteiger partial charge in [-0.3, -0.25) is 0 Å². The molecule has 0 amide bonds. The van der Waals surface area contributed by atoms with Crippen molar-refractivity contribution in [3.63, 3.8) is 0 Å². The molecule has 0 spiro atoms. The Labute approximate surface area is 96.0 Å². The monoisotopic (exact) mass is 211 g/mol. The average molecular weight is 211 g/mol. The van der Waals surface area contributed by atoms with E-state index in [-0.39, 0.29) is 0 Å². The Hall–Kier alpha value is -0.0400. The molecule has 1 nitrogen and oxygen atoms in total. The van der Waals surface area contributed by atoms with Crippen LogP contribution in [0.2, 0.25) is 0 Å². The van der Waals surface area contributed by atoms with Gasteiger partial charge in [0, 0.05) is 12.1 Å². The molecule has 1 N–H and O–H groups in total. The first-order valence-corrected chi connectivity index (χ1v) is 7.02. The molecule has 0 aromatic carbocycles. The molecule has 1 aliphatic carbocycles. The minimum atomic E-state index is 0.730. The van der Waals surface area contributed by atoms with E-state index in [1.807, 2.05) is 0 Å². The maximum atomic E-state index is 3.80. The van der Waals surface area contributed by atoms with Crippen LogP contribution in [0.5, 0.6) is 0 Å². The van der Waals surface area contributed by atoms with E-state index in [2.05, 4.69) is 26.1 Å². The van der Waals surface area contributed by atoms with Crippen molar-refractivity contribution in [3.05, 3.63) is 0 Å². The minimum absolute atomic E-state index is 0.730.